The molecule has 1 amide bonds. The topological polar surface area (TPSA) is 62.2 Å². The van der Waals surface area contributed by atoms with E-state index in [1.807, 2.05) is 30.3 Å². The van der Waals surface area contributed by atoms with Crippen molar-refractivity contribution < 1.29 is 23.1 Å². The Labute approximate surface area is 186 Å². The van der Waals surface area contributed by atoms with Gasteiger partial charge in [0.05, 0.1) is 6.61 Å². The van der Waals surface area contributed by atoms with Crippen molar-refractivity contribution in [2.24, 2.45) is 0 Å². The van der Waals surface area contributed by atoms with E-state index in [9.17, 15) is 18.0 Å². The summed E-state index contributed by atoms with van der Waals surface area (Å²) >= 11 is 1.50. The zero-order chi connectivity index (χ0) is 22.7. The van der Waals surface area contributed by atoms with Gasteiger partial charge in [-0.3, -0.25) is 4.79 Å². The average Bonchev–Trinajstić information content (AvgIpc) is 3.19. The molecule has 0 saturated carbocycles. The fourth-order valence-electron chi connectivity index (χ4n) is 3.44. The van der Waals surface area contributed by atoms with E-state index >= 15 is 0 Å². The molecular weight excluding hydrogens is 437 g/mol. The molecule has 8 heteroatoms. The van der Waals surface area contributed by atoms with Crippen LogP contribution in [0.25, 0.3) is 21.2 Å². The van der Waals surface area contributed by atoms with Gasteiger partial charge in [0.15, 0.2) is 0 Å². The van der Waals surface area contributed by atoms with E-state index in [4.69, 9.17) is 5.11 Å². The highest BCUT2D eigenvalue weighted by atomic mass is 32.1. The second kappa shape index (κ2) is 9.10. The summed E-state index contributed by atoms with van der Waals surface area (Å²) in [4.78, 5) is 16.9. The number of hydrogen-bond acceptors (Lipinski definition) is 4. The van der Waals surface area contributed by atoms with Crippen LogP contribution in [-0.2, 0) is 12.6 Å². The number of aliphatic hydroxyl groups excluding tert-OH is 1. The smallest absolute Gasteiger partial charge is 0.395 e. The monoisotopic (exact) mass is 456 g/mol. The van der Waals surface area contributed by atoms with Crippen molar-refractivity contribution >= 4 is 27.3 Å². The number of aliphatic hydroxyl groups is 1. The zero-order valence-electron chi connectivity index (χ0n) is 16.8. The fourth-order valence-corrected chi connectivity index (χ4v) is 4.65. The van der Waals surface area contributed by atoms with Crippen LogP contribution >= 0.6 is 11.3 Å². The molecule has 32 heavy (non-hydrogen) atoms. The van der Waals surface area contributed by atoms with Crippen molar-refractivity contribution in [3.63, 3.8) is 0 Å². The Balaban J connectivity index is 1.66. The van der Waals surface area contributed by atoms with E-state index in [1.165, 1.54) is 17.4 Å². The number of thiophene rings is 1. The number of rotatable bonds is 6. The Morgan fingerprint density at radius 3 is 2.59 bits per heavy atom. The Morgan fingerprint density at radius 2 is 1.81 bits per heavy atom. The van der Waals surface area contributed by atoms with Gasteiger partial charge in [-0.05, 0) is 46.8 Å². The Bertz CT molecular complexity index is 1270. The van der Waals surface area contributed by atoms with Crippen molar-refractivity contribution in [3.05, 3.63) is 88.6 Å². The first-order chi connectivity index (χ1) is 15.3. The average molecular weight is 456 g/mol. The molecule has 164 valence electrons. The van der Waals surface area contributed by atoms with Crippen molar-refractivity contribution in [3.8, 4) is 11.1 Å². The second-order valence-electron chi connectivity index (χ2n) is 7.19. The molecular formula is C24H19F3N2O2S. The number of aromatic nitrogens is 1. The van der Waals surface area contributed by atoms with Crippen molar-refractivity contribution in [1.29, 1.82) is 0 Å². The third-order valence-corrected chi connectivity index (χ3v) is 6.06. The van der Waals surface area contributed by atoms with Crippen LogP contribution in [0.15, 0.2) is 66.7 Å². The molecule has 0 radical (unpaired) electrons. The van der Waals surface area contributed by atoms with Crippen LogP contribution in [0.2, 0.25) is 0 Å². The number of nitrogens with one attached hydrogen (secondary N) is 1. The van der Waals surface area contributed by atoms with Gasteiger partial charge < -0.3 is 10.4 Å². The summed E-state index contributed by atoms with van der Waals surface area (Å²) in [5.41, 5.74) is 1.74. The number of amides is 1. The zero-order valence-corrected chi connectivity index (χ0v) is 17.6. The van der Waals surface area contributed by atoms with Crippen LogP contribution in [0.4, 0.5) is 13.2 Å². The summed E-state index contributed by atoms with van der Waals surface area (Å²) in [6.07, 6.45) is -4.18. The van der Waals surface area contributed by atoms with Gasteiger partial charge in [-0.25, -0.2) is 4.98 Å². The lowest BCUT2D eigenvalue weighted by molar-refractivity contribution is -0.141. The number of hydrogen-bond donors (Lipinski definition) is 2. The van der Waals surface area contributed by atoms with Gasteiger partial charge in [-0.2, -0.15) is 13.2 Å². The molecule has 0 aliphatic rings. The minimum absolute atomic E-state index is 0.135. The van der Waals surface area contributed by atoms with Crippen LogP contribution in [0.1, 0.15) is 26.6 Å². The number of alkyl halides is 3. The number of pyridine rings is 1. The van der Waals surface area contributed by atoms with Gasteiger partial charge in [0.1, 0.15) is 5.69 Å². The predicted molar refractivity (Wildman–Crippen MR) is 119 cm³/mol. The third kappa shape index (κ3) is 4.81. The minimum Gasteiger partial charge on any atom is -0.395 e. The minimum atomic E-state index is -4.47. The Kier molecular flexibility index (Phi) is 6.25. The van der Waals surface area contributed by atoms with Crippen LogP contribution in [0, 0.1) is 0 Å². The highest BCUT2D eigenvalue weighted by molar-refractivity contribution is 7.19. The molecule has 2 aromatic carbocycles. The van der Waals surface area contributed by atoms with Crippen LogP contribution in [-0.4, -0.2) is 29.1 Å². The summed E-state index contributed by atoms with van der Waals surface area (Å²) < 4.78 is 39.9. The van der Waals surface area contributed by atoms with Gasteiger partial charge in [0.2, 0.25) is 0 Å². The van der Waals surface area contributed by atoms with Crippen molar-refractivity contribution in [2.45, 2.75) is 12.6 Å². The molecule has 0 fully saturated rings. The quantitative estimate of drug-likeness (QED) is 0.414. The lowest BCUT2D eigenvalue weighted by Crippen LogP contribution is -2.26. The molecule has 0 bridgehead atoms. The van der Waals surface area contributed by atoms with Crippen LogP contribution in [0.3, 0.4) is 0 Å². The second-order valence-corrected chi connectivity index (χ2v) is 8.32. The maximum atomic E-state index is 13.0. The van der Waals surface area contributed by atoms with E-state index in [1.54, 1.807) is 24.3 Å². The third-order valence-electron chi connectivity index (χ3n) is 4.88. The molecule has 2 aromatic heterocycles. The van der Waals surface area contributed by atoms with Gasteiger partial charge in [0.25, 0.3) is 5.91 Å². The Hall–Kier alpha value is -3.23. The maximum absolute atomic E-state index is 13.0. The highest BCUT2D eigenvalue weighted by Gasteiger charge is 2.32. The molecule has 2 heterocycles. The molecule has 0 aliphatic heterocycles. The first kappa shape index (κ1) is 22.0. The number of nitrogens with zero attached hydrogens (tertiary/aromatic N) is 1. The normalized spacial score (nSPS) is 11.6. The predicted octanol–water partition coefficient (Wildman–Crippen LogP) is 5.30. The Morgan fingerprint density at radius 1 is 1.03 bits per heavy atom. The van der Waals surface area contributed by atoms with E-state index in [-0.39, 0.29) is 19.1 Å². The summed E-state index contributed by atoms with van der Waals surface area (Å²) in [5.74, 6) is -0.268. The summed E-state index contributed by atoms with van der Waals surface area (Å²) in [6, 6.07) is 18.9. The van der Waals surface area contributed by atoms with Crippen molar-refractivity contribution in [2.75, 3.05) is 13.2 Å². The number of halogens is 3. The van der Waals surface area contributed by atoms with Gasteiger partial charge in [0, 0.05) is 33.8 Å². The lowest BCUT2D eigenvalue weighted by atomic mass is 10.0. The largest absolute Gasteiger partial charge is 0.433 e. The molecule has 0 unspecified atom stereocenters. The van der Waals surface area contributed by atoms with Crippen LogP contribution in [0.5, 0.6) is 0 Å². The lowest BCUT2D eigenvalue weighted by Gasteiger charge is -2.07. The standard InChI is InChI=1S/C24H19F3N2O2S/c25-24(26,27)21-9-3-7-18(29-21)14-19-13-16-5-2-8-20(22(16)32-19)15-4-1-6-17(12-15)23(31)28-10-11-30/h1-9,12-13,30H,10-11,14H2,(H,28,31). The SMILES string of the molecule is O=C(NCCO)c1cccc(-c2cccc3cc(Cc4cccc(C(F)(F)F)n4)sc23)c1. The number of fused-ring (bicyclic) bond motifs is 1. The molecule has 0 saturated heterocycles. The fraction of sp³-hybridized carbons (Fsp3) is 0.167. The maximum Gasteiger partial charge on any atom is 0.433 e. The van der Waals surface area contributed by atoms with Gasteiger partial charge in [-0.15, -0.1) is 11.3 Å². The first-order valence-corrected chi connectivity index (χ1v) is 10.7. The van der Waals surface area contributed by atoms with Crippen molar-refractivity contribution in [1.82, 2.24) is 10.3 Å². The molecule has 0 atom stereocenters. The highest BCUT2D eigenvalue weighted by Crippen LogP contribution is 2.36. The molecule has 4 rings (SSSR count). The van der Waals surface area contributed by atoms with Gasteiger partial charge in [-0.1, -0.05) is 36.4 Å². The summed E-state index contributed by atoms with van der Waals surface area (Å²) in [6.45, 7) is 0.0416. The van der Waals surface area contributed by atoms with Crippen LogP contribution < -0.4 is 5.32 Å². The van der Waals surface area contributed by atoms with E-state index < -0.39 is 11.9 Å². The summed E-state index contributed by atoms with van der Waals surface area (Å²) in [7, 11) is 0. The first-order valence-electron chi connectivity index (χ1n) is 9.89. The summed E-state index contributed by atoms with van der Waals surface area (Å²) in [5, 5.41) is 12.5. The number of benzene rings is 2. The molecule has 2 N–H and O–H groups in total. The molecule has 4 nitrogen and oxygen atoms in total. The number of carbonyl (C=O) groups excluding carboxylic acids is 1. The molecule has 0 spiro atoms. The van der Waals surface area contributed by atoms with E-state index in [0.29, 0.717) is 17.7 Å². The molecule has 4 aromatic rings. The van der Waals surface area contributed by atoms with E-state index in [2.05, 4.69) is 10.3 Å². The van der Waals surface area contributed by atoms with E-state index in [0.717, 1.165) is 32.2 Å². The number of carbonyl (C=O) groups is 1. The van der Waals surface area contributed by atoms with Gasteiger partial charge >= 0.3 is 6.18 Å². The molecule has 0 aliphatic carbocycles.